The quantitative estimate of drug-likeness (QED) is 0.801. The van der Waals surface area contributed by atoms with E-state index in [0.29, 0.717) is 11.4 Å². The van der Waals surface area contributed by atoms with Crippen molar-refractivity contribution in [2.75, 3.05) is 0 Å². The van der Waals surface area contributed by atoms with Crippen molar-refractivity contribution < 1.29 is 4.79 Å². The third kappa shape index (κ3) is 3.01. The molecule has 106 valence electrons. The number of nitrogens with one attached hydrogen (secondary N) is 1. The zero-order chi connectivity index (χ0) is 14.7. The fourth-order valence-electron chi connectivity index (χ4n) is 1.99. The first kappa shape index (κ1) is 13.9. The van der Waals surface area contributed by atoms with E-state index in [0.717, 1.165) is 21.8 Å². The minimum absolute atomic E-state index is 0.0871. The highest BCUT2D eigenvalue weighted by Crippen LogP contribution is 2.25. The van der Waals surface area contributed by atoms with Crippen molar-refractivity contribution in [3.8, 4) is 10.6 Å². The van der Waals surface area contributed by atoms with Crippen molar-refractivity contribution in [2.24, 2.45) is 0 Å². The smallest absolute Gasteiger partial charge is 0.263 e. The predicted molar refractivity (Wildman–Crippen MR) is 85.6 cm³/mol. The Hall–Kier alpha value is -2.05. The number of rotatable bonds is 4. The molecule has 0 radical (unpaired) electrons. The van der Waals surface area contributed by atoms with Gasteiger partial charge >= 0.3 is 0 Å². The number of aromatic nitrogens is 2. The highest BCUT2D eigenvalue weighted by Gasteiger charge is 2.13. The van der Waals surface area contributed by atoms with Gasteiger partial charge in [-0.3, -0.25) is 9.78 Å². The van der Waals surface area contributed by atoms with E-state index < -0.39 is 0 Å². The molecule has 0 aromatic carbocycles. The first-order valence-corrected chi connectivity index (χ1v) is 8.17. The topological polar surface area (TPSA) is 54.9 Å². The SMILES string of the molecule is Cc1ncsc1C(=O)NCc1cccnc1-c1cccs1. The van der Waals surface area contributed by atoms with Crippen LogP contribution in [0.1, 0.15) is 20.9 Å². The zero-order valence-corrected chi connectivity index (χ0v) is 13.0. The number of aryl methyl sites for hydroxylation is 1. The number of nitrogens with zero attached hydrogens (tertiary/aromatic N) is 2. The molecule has 21 heavy (non-hydrogen) atoms. The van der Waals surface area contributed by atoms with E-state index in [1.807, 2.05) is 36.6 Å². The lowest BCUT2D eigenvalue weighted by Gasteiger charge is -2.08. The van der Waals surface area contributed by atoms with Gasteiger partial charge in [-0.1, -0.05) is 12.1 Å². The summed E-state index contributed by atoms with van der Waals surface area (Å²) >= 11 is 3.00. The molecule has 0 spiro atoms. The second-order valence-corrected chi connectivity index (χ2v) is 6.24. The van der Waals surface area contributed by atoms with Crippen LogP contribution in [0.15, 0.2) is 41.4 Å². The molecule has 0 saturated carbocycles. The molecular weight excluding hydrogens is 302 g/mol. The van der Waals surface area contributed by atoms with Crippen LogP contribution in [0.4, 0.5) is 0 Å². The molecule has 6 heteroatoms. The van der Waals surface area contributed by atoms with Crippen LogP contribution in [0.3, 0.4) is 0 Å². The van der Waals surface area contributed by atoms with Gasteiger partial charge in [-0.2, -0.15) is 0 Å². The lowest BCUT2D eigenvalue weighted by Crippen LogP contribution is -2.23. The molecule has 0 saturated heterocycles. The minimum atomic E-state index is -0.0871. The van der Waals surface area contributed by atoms with Crippen LogP contribution in [0.5, 0.6) is 0 Å². The Morgan fingerprint density at radius 1 is 1.24 bits per heavy atom. The van der Waals surface area contributed by atoms with Gasteiger partial charge in [0.2, 0.25) is 0 Å². The van der Waals surface area contributed by atoms with Crippen molar-refractivity contribution in [3.63, 3.8) is 0 Å². The number of pyridine rings is 1. The molecule has 0 unspecified atom stereocenters. The van der Waals surface area contributed by atoms with E-state index in [1.54, 1.807) is 23.0 Å². The summed E-state index contributed by atoms with van der Waals surface area (Å²) in [4.78, 5) is 22.4. The molecule has 0 aliphatic carbocycles. The standard InChI is InChI=1S/C15H13N3OS2/c1-10-14(21-9-18-10)15(19)17-8-11-4-2-6-16-13(11)12-5-3-7-20-12/h2-7,9H,8H2,1H3,(H,17,19). The molecule has 3 heterocycles. The number of hydrogen-bond acceptors (Lipinski definition) is 5. The summed E-state index contributed by atoms with van der Waals surface area (Å²) in [5, 5.41) is 4.96. The second-order valence-electron chi connectivity index (χ2n) is 4.44. The van der Waals surface area contributed by atoms with Crippen molar-refractivity contribution in [1.29, 1.82) is 0 Å². The number of thiophene rings is 1. The number of thiazole rings is 1. The zero-order valence-electron chi connectivity index (χ0n) is 11.4. The second kappa shape index (κ2) is 6.15. The van der Waals surface area contributed by atoms with Gasteiger partial charge in [-0.05, 0) is 30.0 Å². The Morgan fingerprint density at radius 2 is 2.14 bits per heavy atom. The highest BCUT2D eigenvalue weighted by atomic mass is 32.1. The summed E-state index contributed by atoms with van der Waals surface area (Å²) in [6.07, 6.45) is 1.77. The van der Waals surface area contributed by atoms with Crippen molar-refractivity contribution >= 4 is 28.6 Å². The van der Waals surface area contributed by atoms with Gasteiger partial charge in [0.25, 0.3) is 5.91 Å². The monoisotopic (exact) mass is 315 g/mol. The lowest BCUT2D eigenvalue weighted by molar-refractivity contribution is 0.0954. The summed E-state index contributed by atoms with van der Waals surface area (Å²) in [7, 11) is 0. The van der Waals surface area contributed by atoms with Crippen molar-refractivity contribution in [1.82, 2.24) is 15.3 Å². The molecule has 4 nitrogen and oxygen atoms in total. The molecule has 3 aromatic heterocycles. The number of carbonyl (C=O) groups excluding carboxylic acids is 1. The van der Waals surface area contributed by atoms with E-state index in [4.69, 9.17) is 0 Å². The fraction of sp³-hybridized carbons (Fsp3) is 0.133. The van der Waals surface area contributed by atoms with E-state index in [2.05, 4.69) is 15.3 Å². The van der Waals surface area contributed by atoms with E-state index in [1.165, 1.54) is 11.3 Å². The van der Waals surface area contributed by atoms with Gasteiger partial charge in [-0.15, -0.1) is 22.7 Å². The molecule has 3 aromatic rings. The summed E-state index contributed by atoms with van der Waals surface area (Å²) in [5.74, 6) is -0.0871. The van der Waals surface area contributed by atoms with Gasteiger partial charge in [0.1, 0.15) is 4.88 Å². The maximum Gasteiger partial charge on any atom is 0.263 e. The maximum absolute atomic E-state index is 12.1. The molecule has 0 fully saturated rings. The molecule has 0 aliphatic rings. The Bertz CT molecular complexity index is 750. The van der Waals surface area contributed by atoms with Crippen LogP contribution < -0.4 is 5.32 Å². The summed E-state index contributed by atoms with van der Waals surface area (Å²) in [6.45, 7) is 2.30. The van der Waals surface area contributed by atoms with Crippen molar-refractivity contribution in [3.05, 3.63) is 57.5 Å². The van der Waals surface area contributed by atoms with Gasteiger partial charge in [-0.25, -0.2) is 4.98 Å². The van der Waals surface area contributed by atoms with E-state index in [-0.39, 0.29) is 5.91 Å². The number of amides is 1. The maximum atomic E-state index is 12.1. The van der Waals surface area contributed by atoms with Crippen LogP contribution in [0, 0.1) is 6.92 Å². The highest BCUT2D eigenvalue weighted by molar-refractivity contribution is 7.13. The van der Waals surface area contributed by atoms with Gasteiger partial charge in [0, 0.05) is 12.7 Å². The molecule has 1 N–H and O–H groups in total. The third-order valence-corrected chi connectivity index (χ3v) is 4.84. The van der Waals surface area contributed by atoms with E-state index in [9.17, 15) is 4.79 Å². The number of hydrogen-bond donors (Lipinski definition) is 1. The molecule has 3 rings (SSSR count). The summed E-state index contributed by atoms with van der Waals surface area (Å²) in [5.41, 5.74) is 4.39. The number of carbonyl (C=O) groups is 1. The first-order chi connectivity index (χ1) is 10.3. The Balaban J connectivity index is 1.77. The van der Waals surface area contributed by atoms with Crippen LogP contribution >= 0.6 is 22.7 Å². The Morgan fingerprint density at radius 3 is 2.86 bits per heavy atom. The van der Waals surface area contributed by atoms with Crippen LogP contribution in [-0.2, 0) is 6.54 Å². The molecule has 0 atom stereocenters. The average molecular weight is 315 g/mol. The van der Waals surface area contributed by atoms with Crippen LogP contribution in [0.2, 0.25) is 0 Å². The largest absolute Gasteiger partial charge is 0.347 e. The molecule has 0 aliphatic heterocycles. The minimum Gasteiger partial charge on any atom is -0.347 e. The third-order valence-electron chi connectivity index (χ3n) is 3.04. The Labute approximate surface area is 130 Å². The van der Waals surface area contributed by atoms with Crippen LogP contribution in [-0.4, -0.2) is 15.9 Å². The Kier molecular flexibility index (Phi) is 4.08. The molecule has 1 amide bonds. The predicted octanol–water partition coefficient (Wildman–Crippen LogP) is 3.51. The molecular formula is C15H13N3OS2. The molecule has 0 bridgehead atoms. The summed E-state index contributed by atoms with van der Waals surface area (Å²) in [6, 6.07) is 7.90. The lowest BCUT2D eigenvalue weighted by atomic mass is 10.1. The van der Waals surface area contributed by atoms with Gasteiger partial charge in [0.15, 0.2) is 0 Å². The normalized spacial score (nSPS) is 10.5. The summed E-state index contributed by atoms with van der Waals surface area (Å²) < 4.78 is 0. The van der Waals surface area contributed by atoms with E-state index >= 15 is 0 Å². The van der Waals surface area contributed by atoms with Gasteiger partial charge < -0.3 is 5.32 Å². The van der Waals surface area contributed by atoms with Gasteiger partial charge in [0.05, 0.1) is 21.8 Å². The fourth-order valence-corrected chi connectivity index (χ4v) is 3.47. The van der Waals surface area contributed by atoms with Crippen LogP contribution in [0.25, 0.3) is 10.6 Å². The first-order valence-electron chi connectivity index (χ1n) is 6.42. The van der Waals surface area contributed by atoms with Crippen molar-refractivity contribution in [2.45, 2.75) is 13.5 Å². The average Bonchev–Trinajstić information content (AvgIpc) is 3.16.